The van der Waals surface area contributed by atoms with Crippen molar-refractivity contribution in [3.05, 3.63) is 92.9 Å². The number of aromatic nitrogens is 2. The summed E-state index contributed by atoms with van der Waals surface area (Å²) in [7, 11) is 0. The first-order chi connectivity index (χ1) is 12.0. The van der Waals surface area contributed by atoms with Crippen LogP contribution < -0.4 is 5.32 Å². The number of pyridine rings is 2. The molecule has 3 aromatic rings. The van der Waals surface area contributed by atoms with Crippen molar-refractivity contribution in [1.82, 2.24) is 9.97 Å². The van der Waals surface area contributed by atoms with Crippen molar-refractivity contribution in [2.75, 3.05) is 5.32 Å². The molecule has 2 aromatic heterocycles. The van der Waals surface area contributed by atoms with Crippen molar-refractivity contribution in [3.8, 4) is 0 Å². The molecule has 1 aromatic carbocycles. The van der Waals surface area contributed by atoms with Gasteiger partial charge in [0.25, 0.3) is 0 Å². The van der Waals surface area contributed by atoms with E-state index >= 15 is 0 Å². The summed E-state index contributed by atoms with van der Waals surface area (Å²) in [5.74, 6) is 0.145. The van der Waals surface area contributed by atoms with Gasteiger partial charge < -0.3 is 5.32 Å². The van der Waals surface area contributed by atoms with E-state index in [9.17, 15) is 10.1 Å². The molecule has 0 aliphatic rings. The first kappa shape index (κ1) is 16.9. The third kappa shape index (κ3) is 3.92. The lowest BCUT2D eigenvalue weighted by Gasteiger charge is -2.19. The maximum Gasteiger partial charge on any atom is 0.312 e. The van der Waals surface area contributed by atoms with Crippen LogP contribution in [0.25, 0.3) is 0 Å². The average Bonchev–Trinajstić information content (AvgIpc) is 2.61. The smallest absolute Gasteiger partial charge is 0.312 e. The highest BCUT2D eigenvalue weighted by molar-refractivity contribution is 6.30. The summed E-state index contributed by atoms with van der Waals surface area (Å²) in [5, 5.41) is 14.7. The molecule has 0 saturated carbocycles. The second-order valence-corrected chi connectivity index (χ2v) is 5.96. The molecule has 0 saturated heterocycles. The molecule has 25 heavy (non-hydrogen) atoms. The van der Waals surface area contributed by atoms with E-state index < -0.39 is 4.92 Å². The predicted octanol–water partition coefficient (Wildman–Crippen LogP) is 4.55. The monoisotopic (exact) mass is 354 g/mol. The van der Waals surface area contributed by atoms with E-state index in [-0.39, 0.29) is 22.6 Å². The van der Waals surface area contributed by atoms with Gasteiger partial charge in [0.1, 0.15) is 0 Å². The zero-order valence-electron chi connectivity index (χ0n) is 13.4. The van der Waals surface area contributed by atoms with Gasteiger partial charge in [0.05, 0.1) is 21.7 Å². The summed E-state index contributed by atoms with van der Waals surface area (Å²) < 4.78 is 0. The van der Waals surface area contributed by atoms with Crippen molar-refractivity contribution in [2.24, 2.45) is 0 Å². The summed E-state index contributed by atoms with van der Waals surface area (Å²) in [6.07, 6.45) is 3.06. The number of nitrogens with zero attached hydrogens (tertiary/aromatic N) is 3. The van der Waals surface area contributed by atoms with Crippen LogP contribution in [-0.4, -0.2) is 14.9 Å². The normalized spacial score (nSPS) is 11.8. The highest BCUT2D eigenvalue weighted by atomic mass is 35.5. The predicted molar refractivity (Wildman–Crippen MR) is 96.8 cm³/mol. The largest absolute Gasteiger partial charge is 0.352 e. The molecule has 0 fully saturated rings. The number of aryl methyl sites for hydroxylation is 1. The maximum absolute atomic E-state index is 11.3. The fourth-order valence-electron chi connectivity index (χ4n) is 2.54. The molecule has 0 spiro atoms. The Hall–Kier alpha value is -2.99. The lowest BCUT2D eigenvalue weighted by atomic mass is 10.0. The number of rotatable bonds is 5. The molecule has 0 amide bonds. The van der Waals surface area contributed by atoms with Crippen LogP contribution in [0, 0.1) is 17.0 Å². The fraction of sp³-hybridized carbons (Fsp3) is 0.111. The van der Waals surface area contributed by atoms with Gasteiger partial charge in [-0.25, -0.2) is 4.98 Å². The van der Waals surface area contributed by atoms with Crippen LogP contribution in [0.1, 0.15) is 22.9 Å². The quantitative estimate of drug-likeness (QED) is 0.537. The van der Waals surface area contributed by atoms with Gasteiger partial charge in [-0.15, -0.1) is 0 Å². The number of halogens is 1. The zero-order valence-corrected chi connectivity index (χ0v) is 14.1. The van der Waals surface area contributed by atoms with Crippen molar-refractivity contribution in [1.29, 1.82) is 0 Å². The van der Waals surface area contributed by atoms with Crippen LogP contribution >= 0.6 is 11.6 Å². The van der Waals surface area contributed by atoms with E-state index in [1.54, 1.807) is 6.20 Å². The van der Waals surface area contributed by atoms with Gasteiger partial charge in [0.15, 0.2) is 0 Å². The lowest BCUT2D eigenvalue weighted by Crippen LogP contribution is -2.15. The highest BCUT2D eigenvalue weighted by Gasteiger charge is 2.22. The summed E-state index contributed by atoms with van der Waals surface area (Å²) in [6.45, 7) is 1.99. The van der Waals surface area contributed by atoms with Crippen LogP contribution in [0.3, 0.4) is 0 Å². The van der Waals surface area contributed by atoms with Crippen molar-refractivity contribution in [2.45, 2.75) is 13.0 Å². The number of hydrogen-bond acceptors (Lipinski definition) is 5. The molecule has 0 bridgehead atoms. The topological polar surface area (TPSA) is 81.0 Å². The molecule has 0 radical (unpaired) electrons. The standard InChI is InChI=1S/C18H15ClN4O2/c1-12-5-4-6-13(9-12)17(15-7-2-3-8-20-15)22-18-16(23(24)25)10-14(19)11-21-18/h2-11,17H,1H3,(H,21,22). The van der Waals surface area contributed by atoms with Crippen molar-refractivity contribution < 1.29 is 4.92 Å². The Balaban J connectivity index is 2.06. The highest BCUT2D eigenvalue weighted by Crippen LogP contribution is 2.31. The minimum absolute atomic E-state index is 0.145. The van der Waals surface area contributed by atoms with Crippen molar-refractivity contribution in [3.63, 3.8) is 0 Å². The van der Waals surface area contributed by atoms with E-state index in [0.29, 0.717) is 0 Å². The summed E-state index contributed by atoms with van der Waals surface area (Å²) in [5.41, 5.74) is 2.57. The summed E-state index contributed by atoms with van der Waals surface area (Å²) >= 11 is 5.85. The molecule has 1 unspecified atom stereocenters. The van der Waals surface area contributed by atoms with E-state index in [1.165, 1.54) is 12.3 Å². The second-order valence-electron chi connectivity index (χ2n) is 5.52. The molecule has 2 heterocycles. The first-order valence-corrected chi connectivity index (χ1v) is 7.96. The molecule has 1 N–H and O–H groups in total. The minimum atomic E-state index is -0.507. The Morgan fingerprint density at radius 2 is 2.00 bits per heavy atom. The zero-order chi connectivity index (χ0) is 17.8. The molecule has 126 valence electrons. The number of nitrogens with one attached hydrogen (secondary N) is 1. The van der Waals surface area contributed by atoms with Gasteiger partial charge >= 0.3 is 5.69 Å². The summed E-state index contributed by atoms with van der Waals surface area (Å²) in [4.78, 5) is 19.3. The van der Waals surface area contributed by atoms with Crippen LogP contribution in [0.2, 0.25) is 5.02 Å². The number of benzene rings is 1. The molecule has 1 atom stereocenters. The van der Waals surface area contributed by atoms with E-state index in [1.807, 2.05) is 49.4 Å². The van der Waals surface area contributed by atoms with Crippen LogP contribution in [0.4, 0.5) is 11.5 Å². The summed E-state index contributed by atoms with van der Waals surface area (Å²) in [6, 6.07) is 14.3. The van der Waals surface area contributed by atoms with Gasteiger partial charge in [-0.2, -0.15) is 0 Å². The molecule has 0 aliphatic carbocycles. The molecule has 3 rings (SSSR count). The Morgan fingerprint density at radius 3 is 2.68 bits per heavy atom. The molecular weight excluding hydrogens is 340 g/mol. The second kappa shape index (κ2) is 7.27. The van der Waals surface area contributed by atoms with Crippen LogP contribution in [-0.2, 0) is 0 Å². The fourth-order valence-corrected chi connectivity index (χ4v) is 2.69. The molecule has 0 aliphatic heterocycles. The third-order valence-electron chi connectivity index (χ3n) is 3.67. The SMILES string of the molecule is Cc1cccc(C(Nc2ncc(Cl)cc2[N+](=O)[O-])c2ccccn2)c1. The van der Waals surface area contributed by atoms with E-state index in [4.69, 9.17) is 11.6 Å². The van der Waals surface area contributed by atoms with Gasteiger partial charge in [-0.1, -0.05) is 47.5 Å². The maximum atomic E-state index is 11.3. The van der Waals surface area contributed by atoms with E-state index in [0.717, 1.165) is 16.8 Å². The Labute approximate surface area is 149 Å². The lowest BCUT2D eigenvalue weighted by molar-refractivity contribution is -0.384. The van der Waals surface area contributed by atoms with Gasteiger partial charge in [0.2, 0.25) is 5.82 Å². The molecule has 6 nitrogen and oxygen atoms in total. The van der Waals surface area contributed by atoms with E-state index in [2.05, 4.69) is 15.3 Å². The van der Waals surface area contributed by atoms with Crippen LogP contribution in [0.5, 0.6) is 0 Å². The third-order valence-corrected chi connectivity index (χ3v) is 3.88. The van der Waals surface area contributed by atoms with Crippen molar-refractivity contribution >= 4 is 23.1 Å². The van der Waals surface area contributed by atoms with Gasteiger partial charge in [-0.3, -0.25) is 15.1 Å². The molecular formula is C18H15ClN4O2. The Morgan fingerprint density at radius 1 is 1.16 bits per heavy atom. The number of anilines is 1. The van der Waals surface area contributed by atoms with Gasteiger partial charge in [0, 0.05) is 18.5 Å². The average molecular weight is 355 g/mol. The van der Waals surface area contributed by atoms with Crippen LogP contribution in [0.15, 0.2) is 60.9 Å². The first-order valence-electron chi connectivity index (χ1n) is 7.58. The molecule has 7 heteroatoms. The van der Waals surface area contributed by atoms with Gasteiger partial charge in [-0.05, 0) is 24.6 Å². The minimum Gasteiger partial charge on any atom is -0.352 e. The Bertz CT molecular complexity index is 903. The number of hydrogen-bond donors (Lipinski definition) is 1. The Kier molecular flexibility index (Phi) is 4.90. The number of nitro groups is 1.